The van der Waals surface area contributed by atoms with E-state index < -0.39 is 0 Å². The SMILES string of the molecule is CCCCC(NC)C1COc2ccccc2O1. The first-order valence-electron chi connectivity index (χ1n) is 6.41. The number of benzene rings is 1. The average molecular weight is 235 g/mol. The second-order valence-electron chi connectivity index (χ2n) is 4.45. The quantitative estimate of drug-likeness (QED) is 0.851. The van der Waals surface area contributed by atoms with Crippen molar-refractivity contribution in [3.63, 3.8) is 0 Å². The third-order valence-corrected chi connectivity index (χ3v) is 3.22. The zero-order chi connectivity index (χ0) is 12.1. The molecule has 0 saturated carbocycles. The summed E-state index contributed by atoms with van der Waals surface area (Å²) in [4.78, 5) is 0. The van der Waals surface area contributed by atoms with E-state index in [2.05, 4.69) is 12.2 Å². The van der Waals surface area contributed by atoms with Crippen molar-refractivity contribution in [1.29, 1.82) is 0 Å². The van der Waals surface area contributed by atoms with Crippen molar-refractivity contribution in [3.05, 3.63) is 24.3 Å². The maximum atomic E-state index is 5.99. The van der Waals surface area contributed by atoms with Crippen LogP contribution in [-0.2, 0) is 0 Å². The molecule has 94 valence electrons. The summed E-state index contributed by atoms with van der Waals surface area (Å²) in [5.41, 5.74) is 0. The Balaban J connectivity index is 2.00. The minimum Gasteiger partial charge on any atom is -0.486 e. The molecule has 17 heavy (non-hydrogen) atoms. The number of likely N-dealkylation sites (N-methyl/N-ethyl adjacent to an activating group) is 1. The fraction of sp³-hybridized carbons (Fsp3) is 0.571. The minimum absolute atomic E-state index is 0.112. The van der Waals surface area contributed by atoms with E-state index in [1.165, 1.54) is 12.8 Å². The Bertz CT molecular complexity index is 354. The van der Waals surface area contributed by atoms with Crippen LogP contribution in [0.25, 0.3) is 0 Å². The molecule has 2 unspecified atom stereocenters. The van der Waals surface area contributed by atoms with Gasteiger partial charge in [0.05, 0.1) is 0 Å². The molecular formula is C14H21NO2. The highest BCUT2D eigenvalue weighted by Crippen LogP contribution is 2.32. The van der Waals surface area contributed by atoms with Gasteiger partial charge in [-0.15, -0.1) is 0 Å². The largest absolute Gasteiger partial charge is 0.486 e. The van der Waals surface area contributed by atoms with E-state index in [1.807, 2.05) is 31.3 Å². The van der Waals surface area contributed by atoms with Crippen LogP contribution < -0.4 is 14.8 Å². The molecule has 1 aromatic carbocycles. The predicted octanol–water partition coefficient (Wildman–Crippen LogP) is 2.60. The minimum atomic E-state index is 0.112. The van der Waals surface area contributed by atoms with Gasteiger partial charge in [-0.1, -0.05) is 31.9 Å². The summed E-state index contributed by atoms with van der Waals surface area (Å²) < 4.78 is 11.7. The van der Waals surface area contributed by atoms with Gasteiger partial charge in [0.1, 0.15) is 12.7 Å². The number of ether oxygens (including phenoxy) is 2. The maximum absolute atomic E-state index is 5.99. The van der Waals surface area contributed by atoms with Crippen LogP contribution >= 0.6 is 0 Å². The summed E-state index contributed by atoms with van der Waals surface area (Å²) in [6.45, 7) is 2.84. The second-order valence-corrected chi connectivity index (χ2v) is 4.45. The molecule has 0 saturated heterocycles. The molecule has 3 nitrogen and oxygen atoms in total. The van der Waals surface area contributed by atoms with E-state index in [0.717, 1.165) is 17.9 Å². The van der Waals surface area contributed by atoms with Gasteiger partial charge in [-0.2, -0.15) is 0 Å². The molecule has 2 atom stereocenters. The maximum Gasteiger partial charge on any atom is 0.161 e. The first-order valence-corrected chi connectivity index (χ1v) is 6.41. The van der Waals surface area contributed by atoms with Crippen molar-refractivity contribution in [3.8, 4) is 11.5 Å². The molecular weight excluding hydrogens is 214 g/mol. The van der Waals surface area contributed by atoms with Crippen LogP contribution in [0.3, 0.4) is 0 Å². The fourth-order valence-electron chi connectivity index (χ4n) is 2.17. The summed E-state index contributed by atoms with van der Waals surface area (Å²) in [5, 5.41) is 3.33. The monoisotopic (exact) mass is 235 g/mol. The Hall–Kier alpha value is -1.22. The van der Waals surface area contributed by atoms with Crippen LogP contribution in [0.15, 0.2) is 24.3 Å². The van der Waals surface area contributed by atoms with Crippen molar-refractivity contribution >= 4 is 0 Å². The number of unbranched alkanes of at least 4 members (excludes halogenated alkanes) is 1. The Kier molecular flexibility index (Phi) is 4.26. The summed E-state index contributed by atoms with van der Waals surface area (Å²) in [5.74, 6) is 1.72. The second kappa shape index (κ2) is 5.92. The predicted molar refractivity (Wildman–Crippen MR) is 68.7 cm³/mol. The van der Waals surface area contributed by atoms with Crippen LogP contribution in [-0.4, -0.2) is 25.8 Å². The Labute approximate surface area is 103 Å². The van der Waals surface area contributed by atoms with E-state index in [-0.39, 0.29) is 6.10 Å². The van der Waals surface area contributed by atoms with Crippen LogP contribution in [0.2, 0.25) is 0 Å². The van der Waals surface area contributed by atoms with Gasteiger partial charge in [0.2, 0.25) is 0 Å². The van der Waals surface area contributed by atoms with Gasteiger partial charge in [0.15, 0.2) is 11.5 Å². The number of hydrogen-bond donors (Lipinski definition) is 1. The van der Waals surface area contributed by atoms with Crippen LogP contribution in [0, 0.1) is 0 Å². The number of fused-ring (bicyclic) bond motifs is 1. The molecule has 2 rings (SSSR count). The van der Waals surface area contributed by atoms with Crippen molar-refractivity contribution in [2.45, 2.75) is 38.3 Å². The summed E-state index contributed by atoms with van der Waals surface area (Å²) >= 11 is 0. The van der Waals surface area contributed by atoms with E-state index >= 15 is 0 Å². The molecule has 0 fully saturated rings. The molecule has 1 N–H and O–H groups in total. The van der Waals surface area contributed by atoms with E-state index in [1.54, 1.807) is 0 Å². The lowest BCUT2D eigenvalue weighted by Crippen LogP contribution is -2.46. The number of para-hydroxylation sites is 2. The smallest absolute Gasteiger partial charge is 0.161 e. The molecule has 0 amide bonds. The lowest BCUT2D eigenvalue weighted by Gasteiger charge is -2.32. The van der Waals surface area contributed by atoms with E-state index in [4.69, 9.17) is 9.47 Å². The Morgan fingerprint density at radius 1 is 1.35 bits per heavy atom. The zero-order valence-corrected chi connectivity index (χ0v) is 10.6. The topological polar surface area (TPSA) is 30.5 Å². The van der Waals surface area contributed by atoms with Crippen LogP contribution in [0.5, 0.6) is 11.5 Å². The standard InChI is InChI=1S/C14H21NO2/c1-3-4-7-11(15-2)14-10-16-12-8-5-6-9-13(12)17-14/h5-6,8-9,11,14-15H,3-4,7,10H2,1-2H3. The highest BCUT2D eigenvalue weighted by molar-refractivity contribution is 5.40. The molecule has 1 aliphatic rings. The number of hydrogen-bond acceptors (Lipinski definition) is 3. The summed E-state index contributed by atoms with van der Waals surface area (Å²) in [6, 6.07) is 8.23. The lowest BCUT2D eigenvalue weighted by atomic mass is 10.0. The van der Waals surface area contributed by atoms with Crippen LogP contribution in [0.1, 0.15) is 26.2 Å². The zero-order valence-electron chi connectivity index (χ0n) is 10.6. The molecule has 0 aromatic heterocycles. The van der Waals surface area contributed by atoms with Gasteiger partial charge in [-0.25, -0.2) is 0 Å². The van der Waals surface area contributed by atoms with Gasteiger partial charge in [-0.3, -0.25) is 0 Å². The summed E-state index contributed by atoms with van der Waals surface area (Å²) in [6.07, 6.45) is 3.67. The highest BCUT2D eigenvalue weighted by Gasteiger charge is 2.27. The van der Waals surface area contributed by atoms with Crippen molar-refractivity contribution in [2.24, 2.45) is 0 Å². The molecule has 0 bridgehead atoms. The third-order valence-electron chi connectivity index (χ3n) is 3.22. The summed E-state index contributed by atoms with van der Waals surface area (Å²) in [7, 11) is 1.99. The fourth-order valence-corrected chi connectivity index (χ4v) is 2.17. The van der Waals surface area contributed by atoms with Gasteiger partial charge in [0, 0.05) is 6.04 Å². The molecule has 1 aliphatic heterocycles. The average Bonchev–Trinajstić information content (AvgIpc) is 2.39. The molecule has 0 spiro atoms. The third kappa shape index (κ3) is 2.91. The lowest BCUT2D eigenvalue weighted by molar-refractivity contribution is 0.0610. The van der Waals surface area contributed by atoms with Crippen molar-refractivity contribution in [1.82, 2.24) is 5.32 Å². The number of rotatable bonds is 5. The highest BCUT2D eigenvalue weighted by atomic mass is 16.6. The molecule has 1 heterocycles. The molecule has 1 aromatic rings. The first kappa shape index (κ1) is 12.2. The number of nitrogens with one attached hydrogen (secondary N) is 1. The Morgan fingerprint density at radius 3 is 2.82 bits per heavy atom. The van der Waals surface area contributed by atoms with Crippen LogP contribution in [0.4, 0.5) is 0 Å². The molecule has 3 heteroatoms. The van der Waals surface area contributed by atoms with Gasteiger partial charge < -0.3 is 14.8 Å². The first-order chi connectivity index (χ1) is 8.35. The molecule has 0 aliphatic carbocycles. The van der Waals surface area contributed by atoms with Gasteiger partial charge in [0.25, 0.3) is 0 Å². The Morgan fingerprint density at radius 2 is 2.12 bits per heavy atom. The van der Waals surface area contributed by atoms with E-state index in [9.17, 15) is 0 Å². The normalized spacial score (nSPS) is 20.0. The van der Waals surface area contributed by atoms with Crippen molar-refractivity contribution in [2.75, 3.05) is 13.7 Å². The molecule has 0 radical (unpaired) electrons. The van der Waals surface area contributed by atoms with Gasteiger partial charge >= 0.3 is 0 Å². The van der Waals surface area contributed by atoms with Gasteiger partial charge in [-0.05, 0) is 25.6 Å². The van der Waals surface area contributed by atoms with Crippen molar-refractivity contribution < 1.29 is 9.47 Å². The van der Waals surface area contributed by atoms with E-state index in [0.29, 0.717) is 12.6 Å².